The molecule has 1 aromatic carbocycles. The Morgan fingerprint density at radius 1 is 1.09 bits per heavy atom. The molecule has 2 amide bonds. The van der Waals surface area contributed by atoms with Crippen LogP contribution in [0.1, 0.15) is 6.42 Å². The van der Waals surface area contributed by atoms with Crippen LogP contribution in [0.25, 0.3) is 0 Å². The topological polar surface area (TPSA) is 49.4 Å². The summed E-state index contributed by atoms with van der Waals surface area (Å²) in [6.45, 7) is 0.222. The fourth-order valence-electron chi connectivity index (χ4n) is 4.94. The fraction of sp³-hybridized carbons (Fsp3) is 0.444. The Labute approximate surface area is 139 Å². The number of nitrogens with one attached hydrogen (secondary N) is 1. The number of carbonyl (C=O) groups is 2. The molecule has 0 unspecified atom stereocenters. The van der Waals surface area contributed by atoms with E-state index < -0.39 is 0 Å². The lowest BCUT2D eigenvalue weighted by molar-refractivity contribution is -0.139. The van der Waals surface area contributed by atoms with Crippen LogP contribution in [-0.2, 0) is 9.59 Å². The molecule has 1 N–H and O–H groups in total. The van der Waals surface area contributed by atoms with E-state index in [-0.39, 0.29) is 42.2 Å². The molecule has 118 valence electrons. The third-order valence-corrected chi connectivity index (χ3v) is 6.26. The van der Waals surface area contributed by atoms with Gasteiger partial charge in [-0.2, -0.15) is 0 Å². The van der Waals surface area contributed by atoms with E-state index in [9.17, 15) is 9.59 Å². The van der Waals surface area contributed by atoms with Gasteiger partial charge in [-0.05, 0) is 48.3 Å². The van der Waals surface area contributed by atoms with Gasteiger partial charge in [0.2, 0.25) is 11.8 Å². The number of allylic oxidation sites excluding steroid dienone is 2. The van der Waals surface area contributed by atoms with Crippen molar-refractivity contribution in [3.8, 4) is 0 Å². The summed E-state index contributed by atoms with van der Waals surface area (Å²) in [7, 11) is 0. The molecule has 6 rings (SSSR count). The number of hydrogen-bond acceptors (Lipinski definition) is 3. The van der Waals surface area contributed by atoms with E-state index in [1.807, 2.05) is 12.1 Å². The van der Waals surface area contributed by atoms with Crippen molar-refractivity contribution in [3.05, 3.63) is 41.4 Å². The molecule has 0 aromatic heterocycles. The van der Waals surface area contributed by atoms with Gasteiger partial charge in [0, 0.05) is 10.7 Å². The van der Waals surface area contributed by atoms with Crippen LogP contribution in [0, 0.1) is 35.5 Å². The predicted molar refractivity (Wildman–Crippen MR) is 86.5 cm³/mol. The quantitative estimate of drug-likeness (QED) is 0.685. The van der Waals surface area contributed by atoms with Gasteiger partial charge in [-0.15, -0.1) is 0 Å². The first-order valence-corrected chi connectivity index (χ1v) is 8.56. The Morgan fingerprint density at radius 2 is 1.74 bits per heavy atom. The SMILES string of the molecule is O=C1[C@H]2[C@@H]3C=C[C@H]([C@@H]4C[C@@H]34)[C@@H]2C(=O)N1CNc1cccc(Cl)c1. The zero-order chi connectivity index (χ0) is 15.7. The van der Waals surface area contributed by atoms with E-state index in [2.05, 4.69) is 17.5 Å². The summed E-state index contributed by atoms with van der Waals surface area (Å²) in [6.07, 6.45) is 5.58. The minimum atomic E-state index is -0.123. The number of imide groups is 1. The highest BCUT2D eigenvalue weighted by atomic mass is 35.5. The molecule has 2 bridgehead atoms. The van der Waals surface area contributed by atoms with Gasteiger partial charge in [0.15, 0.2) is 0 Å². The zero-order valence-electron chi connectivity index (χ0n) is 12.5. The van der Waals surface area contributed by atoms with Crippen molar-refractivity contribution in [2.75, 3.05) is 12.0 Å². The molecule has 4 nitrogen and oxygen atoms in total. The number of anilines is 1. The number of carbonyl (C=O) groups excluding carboxylic acids is 2. The van der Waals surface area contributed by atoms with Crippen LogP contribution < -0.4 is 5.32 Å². The van der Waals surface area contributed by atoms with Crippen LogP contribution in [0.15, 0.2) is 36.4 Å². The summed E-state index contributed by atoms with van der Waals surface area (Å²) in [5, 5.41) is 3.78. The van der Waals surface area contributed by atoms with Gasteiger partial charge in [-0.1, -0.05) is 29.8 Å². The second kappa shape index (κ2) is 4.60. The Morgan fingerprint density at radius 3 is 2.35 bits per heavy atom. The normalized spacial score (nSPS) is 39.4. The van der Waals surface area contributed by atoms with Crippen molar-refractivity contribution >= 4 is 29.1 Å². The molecular formula is C18H17ClN2O2. The van der Waals surface area contributed by atoms with E-state index in [1.165, 1.54) is 11.3 Å². The average molecular weight is 329 g/mol. The van der Waals surface area contributed by atoms with Crippen LogP contribution in [0.2, 0.25) is 5.02 Å². The largest absolute Gasteiger partial charge is 0.367 e. The molecule has 23 heavy (non-hydrogen) atoms. The highest BCUT2D eigenvalue weighted by molar-refractivity contribution is 6.30. The average Bonchev–Trinajstić information content (AvgIpc) is 3.32. The van der Waals surface area contributed by atoms with Crippen LogP contribution in [-0.4, -0.2) is 23.4 Å². The Bertz CT molecular complexity index is 710. The Hall–Kier alpha value is -1.81. The van der Waals surface area contributed by atoms with E-state index in [0.29, 0.717) is 16.9 Å². The predicted octanol–water partition coefficient (Wildman–Crippen LogP) is 2.76. The maximum absolute atomic E-state index is 12.8. The maximum atomic E-state index is 12.8. The fourth-order valence-corrected chi connectivity index (χ4v) is 5.13. The van der Waals surface area contributed by atoms with E-state index in [1.54, 1.807) is 12.1 Å². The standard InChI is InChI=1S/C18H17ClN2O2/c19-9-2-1-3-10(6-9)20-8-21-17(22)15-11-4-5-12(14-7-13(11)14)16(15)18(21)23/h1-6,11-16,20H,7-8H2/t11-,12-,13+,14+,15+,16+/m1/s1. The molecule has 0 spiro atoms. The minimum absolute atomic E-state index is 0.000715. The third kappa shape index (κ3) is 1.84. The van der Waals surface area contributed by atoms with E-state index in [0.717, 1.165) is 5.69 Å². The number of halogens is 1. The number of hydrogen-bond donors (Lipinski definition) is 1. The van der Waals surface area contributed by atoms with Gasteiger partial charge in [0.25, 0.3) is 0 Å². The molecular weight excluding hydrogens is 312 g/mol. The first-order chi connectivity index (χ1) is 11.1. The zero-order valence-corrected chi connectivity index (χ0v) is 13.2. The minimum Gasteiger partial charge on any atom is -0.367 e. The molecule has 3 fully saturated rings. The highest BCUT2D eigenvalue weighted by Gasteiger charge is 2.66. The van der Waals surface area contributed by atoms with Gasteiger partial charge in [-0.25, -0.2) is 0 Å². The summed E-state index contributed by atoms with van der Waals surface area (Å²) in [5.74, 6) is 1.60. The van der Waals surface area contributed by atoms with Gasteiger partial charge >= 0.3 is 0 Å². The molecule has 1 aromatic rings. The van der Waals surface area contributed by atoms with Crippen LogP contribution >= 0.6 is 11.6 Å². The number of likely N-dealkylation sites (tertiary alicyclic amines) is 1. The van der Waals surface area contributed by atoms with Gasteiger partial charge in [0.1, 0.15) is 0 Å². The van der Waals surface area contributed by atoms with Crippen LogP contribution in [0.5, 0.6) is 0 Å². The van der Waals surface area contributed by atoms with Crippen molar-refractivity contribution < 1.29 is 9.59 Å². The van der Waals surface area contributed by atoms with Crippen molar-refractivity contribution in [2.24, 2.45) is 35.5 Å². The smallest absolute Gasteiger partial charge is 0.235 e. The Balaban J connectivity index is 1.37. The summed E-state index contributed by atoms with van der Waals surface area (Å²) in [6, 6.07) is 7.31. The van der Waals surface area contributed by atoms with E-state index >= 15 is 0 Å². The van der Waals surface area contributed by atoms with Crippen molar-refractivity contribution in [3.63, 3.8) is 0 Å². The van der Waals surface area contributed by atoms with Crippen molar-refractivity contribution in [1.82, 2.24) is 4.90 Å². The molecule has 0 radical (unpaired) electrons. The summed E-state index contributed by atoms with van der Waals surface area (Å²) in [5.41, 5.74) is 0.817. The summed E-state index contributed by atoms with van der Waals surface area (Å²) in [4.78, 5) is 27.0. The van der Waals surface area contributed by atoms with Crippen LogP contribution in [0.3, 0.4) is 0 Å². The maximum Gasteiger partial charge on any atom is 0.235 e. The number of nitrogens with zero attached hydrogens (tertiary/aromatic N) is 1. The second-order valence-corrected chi connectivity index (χ2v) is 7.54. The molecule has 2 saturated carbocycles. The lowest BCUT2D eigenvalue weighted by atomic mass is 9.63. The monoisotopic (exact) mass is 328 g/mol. The molecule has 5 heteroatoms. The second-order valence-electron chi connectivity index (χ2n) is 7.10. The molecule has 5 aliphatic rings. The van der Waals surface area contributed by atoms with Crippen molar-refractivity contribution in [2.45, 2.75) is 6.42 Å². The van der Waals surface area contributed by atoms with Crippen molar-refractivity contribution in [1.29, 1.82) is 0 Å². The third-order valence-electron chi connectivity index (χ3n) is 6.02. The van der Waals surface area contributed by atoms with Gasteiger partial charge < -0.3 is 5.32 Å². The summed E-state index contributed by atoms with van der Waals surface area (Å²) >= 11 is 5.97. The first-order valence-electron chi connectivity index (χ1n) is 8.18. The lowest BCUT2D eigenvalue weighted by Crippen LogP contribution is -2.40. The molecule has 4 aliphatic carbocycles. The highest BCUT2D eigenvalue weighted by Crippen LogP contribution is 2.65. The molecule has 1 heterocycles. The number of amides is 2. The van der Waals surface area contributed by atoms with E-state index in [4.69, 9.17) is 11.6 Å². The molecule has 1 saturated heterocycles. The molecule has 1 aliphatic heterocycles. The molecule has 6 atom stereocenters. The van der Waals surface area contributed by atoms with Gasteiger partial charge in [0.05, 0.1) is 18.5 Å². The Kier molecular flexibility index (Phi) is 2.72. The summed E-state index contributed by atoms with van der Waals surface area (Å²) < 4.78 is 0. The van der Waals surface area contributed by atoms with Crippen LogP contribution in [0.4, 0.5) is 5.69 Å². The number of rotatable bonds is 3. The van der Waals surface area contributed by atoms with Gasteiger partial charge in [-0.3, -0.25) is 14.5 Å². The lowest BCUT2D eigenvalue weighted by Gasteiger charge is -2.37. The first kappa shape index (κ1) is 13.6. The number of benzene rings is 1.